The third-order valence-electron chi connectivity index (χ3n) is 3.73. The van der Waals surface area contributed by atoms with Gasteiger partial charge in [0.05, 0.1) is 12.2 Å². The number of hydrogen-bond acceptors (Lipinski definition) is 3. The maximum atomic E-state index is 9.81. The Balaban J connectivity index is 2.09. The summed E-state index contributed by atoms with van der Waals surface area (Å²) >= 11 is 0. The molecule has 1 aliphatic carbocycles. The molecule has 0 bridgehead atoms. The molecule has 0 radical (unpaired) electrons. The first-order chi connectivity index (χ1) is 6.15. The number of ether oxygens (including phenoxy) is 2. The number of rotatable bonds is 1. The second-order valence-corrected chi connectivity index (χ2v) is 4.37. The number of methoxy groups -OCH3 is 1. The molecule has 2 rings (SSSR count). The van der Waals surface area contributed by atoms with Gasteiger partial charge >= 0.3 is 0 Å². The number of aliphatic hydroxyl groups excluding tert-OH is 1. The van der Waals surface area contributed by atoms with Crippen LogP contribution in [0.2, 0.25) is 0 Å². The molecule has 6 atom stereocenters. The zero-order valence-electron chi connectivity index (χ0n) is 8.43. The molecule has 0 spiro atoms. The fourth-order valence-corrected chi connectivity index (χ4v) is 2.79. The van der Waals surface area contributed by atoms with E-state index in [0.29, 0.717) is 11.8 Å². The molecule has 2 fully saturated rings. The lowest BCUT2D eigenvalue weighted by atomic mass is 9.94. The van der Waals surface area contributed by atoms with Crippen LogP contribution in [0.5, 0.6) is 0 Å². The van der Waals surface area contributed by atoms with E-state index in [-0.39, 0.29) is 24.4 Å². The number of fused-ring (bicyclic) bond motifs is 1. The first kappa shape index (κ1) is 9.44. The topological polar surface area (TPSA) is 38.7 Å². The van der Waals surface area contributed by atoms with Crippen LogP contribution in [0.3, 0.4) is 0 Å². The summed E-state index contributed by atoms with van der Waals surface area (Å²) in [6.45, 7) is 4.16. The van der Waals surface area contributed by atoms with Crippen molar-refractivity contribution in [2.75, 3.05) is 7.11 Å². The van der Waals surface area contributed by atoms with Crippen LogP contribution >= 0.6 is 0 Å². The second-order valence-electron chi connectivity index (χ2n) is 4.37. The minimum Gasteiger partial charge on any atom is -0.392 e. The van der Waals surface area contributed by atoms with E-state index in [1.54, 1.807) is 7.11 Å². The molecule has 1 N–H and O–H groups in total. The van der Waals surface area contributed by atoms with Crippen LogP contribution in [-0.2, 0) is 9.47 Å². The molecular formula is C10H18O3. The predicted molar refractivity (Wildman–Crippen MR) is 48.1 cm³/mol. The SMILES string of the molecule is CO[C@@H]1C[C@H]2[C@H](C)[C@@H](O)[C@H](C)[C@H]2O1. The highest BCUT2D eigenvalue weighted by Crippen LogP contribution is 2.46. The Morgan fingerprint density at radius 1 is 1.31 bits per heavy atom. The van der Waals surface area contributed by atoms with Crippen molar-refractivity contribution in [3.63, 3.8) is 0 Å². The number of aliphatic hydroxyl groups is 1. The van der Waals surface area contributed by atoms with E-state index in [0.717, 1.165) is 6.42 Å². The van der Waals surface area contributed by atoms with Gasteiger partial charge in [-0.2, -0.15) is 0 Å². The summed E-state index contributed by atoms with van der Waals surface area (Å²) in [4.78, 5) is 0. The average molecular weight is 186 g/mol. The van der Waals surface area contributed by atoms with Gasteiger partial charge in [0, 0.05) is 19.4 Å². The molecule has 3 heteroatoms. The standard InChI is InChI=1S/C10H18O3/c1-5-7-4-8(12-3)13-10(7)6(2)9(5)11/h5-11H,4H2,1-3H3/t5-,6-,7-,8-,9+,10+/m0/s1. The third kappa shape index (κ3) is 1.30. The normalized spacial score (nSPS) is 55.4. The number of hydrogen-bond donors (Lipinski definition) is 1. The van der Waals surface area contributed by atoms with Crippen molar-refractivity contribution in [2.24, 2.45) is 17.8 Å². The van der Waals surface area contributed by atoms with Gasteiger partial charge in [-0.15, -0.1) is 0 Å². The molecule has 0 aromatic carbocycles. The van der Waals surface area contributed by atoms with Crippen molar-refractivity contribution in [1.82, 2.24) is 0 Å². The third-order valence-corrected chi connectivity index (χ3v) is 3.73. The average Bonchev–Trinajstić information content (AvgIpc) is 2.64. The first-order valence-corrected chi connectivity index (χ1v) is 5.01. The lowest BCUT2D eigenvalue weighted by Gasteiger charge is -2.19. The van der Waals surface area contributed by atoms with Crippen LogP contribution in [0.25, 0.3) is 0 Å². The van der Waals surface area contributed by atoms with Gasteiger partial charge in [0.1, 0.15) is 0 Å². The summed E-state index contributed by atoms with van der Waals surface area (Å²) < 4.78 is 10.9. The quantitative estimate of drug-likeness (QED) is 0.664. The van der Waals surface area contributed by atoms with Crippen molar-refractivity contribution >= 4 is 0 Å². The highest BCUT2D eigenvalue weighted by atomic mass is 16.7. The minimum atomic E-state index is -0.201. The molecule has 2 aliphatic rings. The summed E-state index contributed by atoms with van der Waals surface area (Å²) in [5.41, 5.74) is 0. The lowest BCUT2D eigenvalue weighted by Crippen LogP contribution is -2.25. The molecule has 3 nitrogen and oxygen atoms in total. The second kappa shape index (κ2) is 3.23. The van der Waals surface area contributed by atoms with Crippen LogP contribution in [0.1, 0.15) is 20.3 Å². The first-order valence-electron chi connectivity index (χ1n) is 5.01. The lowest BCUT2D eigenvalue weighted by molar-refractivity contribution is -0.130. The summed E-state index contributed by atoms with van der Waals surface area (Å²) in [5.74, 6) is 1.08. The van der Waals surface area contributed by atoms with E-state index in [1.807, 2.05) is 0 Å². The van der Waals surface area contributed by atoms with E-state index in [1.165, 1.54) is 0 Å². The Bertz CT molecular complexity index is 177. The molecule has 1 saturated carbocycles. The van der Waals surface area contributed by atoms with Gasteiger partial charge in [0.2, 0.25) is 0 Å². The van der Waals surface area contributed by atoms with Crippen molar-refractivity contribution in [3.8, 4) is 0 Å². The zero-order valence-corrected chi connectivity index (χ0v) is 8.43. The maximum Gasteiger partial charge on any atom is 0.157 e. The molecule has 0 aromatic heterocycles. The van der Waals surface area contributed by atoms with Crippen molar-refractivity contribution < 1.29 is 14.6 Å². The highest BCUT2D eigenvalue weighted by molar-refractivity contribution is 4.98. The van der Waals surface area contributed by atoms with Crippen molar-refractivity contribution in [3.05, 3.63) is 0 Å². The summed E-state index contributed by atoms with van der Waals surface area (Å²) in [5, 5.41) is 9.81. The van der Waals surface area contributed by atoms with Gasteiger partial charge in [0.25, 0.3) is 0 Å². The van der Waals surface area contributed by atoms with Crippen molar-refractivity contribution in [2.45, 2.75) is 38.8 Å². The molecule has 1 saturated heterocycles. The smallest absolute Gasteiger partial charge is 0.157 e. The van der Waals surface area contributed by atoms with Crippen molar-refractivity contribution in [1.29, 1.82) is 0 Å². The maximum absolute atomic E-state index is 9.81. The van der Waals surface area contributed by atoms with Gasteiger partial charge in [-0.3, -0.25) is 0 Å². The Morgan fingerprint density at radius 3 is 2.54 bits per heavy atom. The van der Waals surface area contributed by atoms with Gasteiger partial charge < -0.3 is 14.6 Å². The molecule has 1 heterocycles. The van der Waals surface area contributed by atoms with Crippen LogP contribution < -0.4 is 0 Å². The van der Waals surface area contributed by atoms with Gasteiger partial charge in [-0.25, -0.2) is 0 Å². The van der Waals surface area contributed by atoms with Crippen LogP contribution in [0.4, 0.5) is 0 Å². The Hall–Kier alpha value is -0.120. The highest BCUT2D eigenvalue weighted by Gasteiger charge is 2.51. The fraction of sp³-hybridized carbons (Fsp3) is 1.00. The molecule has 13 heavy (non-hydrogen) atoms. The summed E-state index contributed by atoms with van der Waals surface area (Å²) in [6.07, 6.45) is 0.888. The summed E-state index contributed by atoms with van der Waals surface area (Å²) in [7, 11) is 1.68. The summed E-state index contributed by atoms with van der Waals surface area (Å²) in [6, 6.07) is 0. The molecule has 0 amide bonds. The fourth-order valence-electron chi connectivity index (χ4n) is 2.79. The van der Waals surface area contributed by atoms with E-state index in [9.17, 15) is 5.11 Å². The Kier molecular flexibility index (Phi) is 2.34. The van der Waals surface area contributed by atoms with Crippen LogP contribution in [-0.4, -0.2) is 30.7 Å². The Labute approximate surface area is 79.0 Å². The Morgan fingerprint density at radius 2 is 2.00 bits per heavy atom. The monoisotopic (exact) mass is 186 g/mol. The van der Waals surface area contributed by atoms with Gasteiger partial charge in [-0.1, -0.05) is 13.8 Å². The molecule has 0 aromatic rings. The van der Waals surface area contributed by atoms with Gasteiger partial charge in [-0.05, 0) is 11.8 Å². The van der Waals surface area contributed by atoms with Crippen LogP contribution in [0.15, 0.2) is 0 Å². The molecule has 76 valence electrons. The molecular weight excluding hydrogens is 168 g/mol. The molecule has 0 unspecified atom stereocenters. The van der Waals surface area contributed by atoms with Gasteiger partial charge in [0.15, 0.2) is 6.29 Å². The minimum absolute atomic E-state index is 0.0487. The van der Waals surface area contributed by atoms with E-state index in [4.69, 9.17) is 9.47 Å². The molecule has 1 aliphatic heterocycles. The van der Waals surface area contributed by atoms with E-state index in [2.05, 4.69) is 13.8 Å². The largest absolute Gasteiger partial charge is 0.392 e. The van der Waals surface area contributed by atoms with Crippen LogP contribution in [0, 0.1) is 17.8 Å². The predicted octanol–water partition coefficient (Wildman–Crippen LogP) is 1.01. The van der Waals surface area contributed by atoms with E-state index >= 15 is 0 Å². The zero-order chi connectivity index (χ0) is 9.59. The van der Waals surface area contributed by atoms with E-state index < -0.39 is 0 Å².